The van der Waals surface area contributed by atoms with Crippen molar-refractivity contribution in [2.24, 2.45) is 0 Å². The molecule has 166 valence electrons. The van der Waals surface area contributed by atoms with E-state index in [4.69, 9.17) is 22.9 Å². The normalized spacial score (nSPS) is 27.6. The molecule has 0 saturated carbocycles. The molecular weight excluding hydrogens is 408 g/mol. The Balaban J connectivity index is 2.02. The van der Waals surface area contributed by atoms with Gasteiger partial charge >= 0.3 is 10.4 Å². The Kier molecular flexibility index (Phi) is 9.08. The number of hydrogen-bond donors (Lipinski definition) is 4. The molecule has 5 atom stereocenters. The maximum atomic E-state index is 12.3. The number of unbranched alkanes of at least 4 members (excludes halogenated alkanes) is 3. The first kappa shape index (κ1) is 23.8. The third-order valence-electron chi connectivity index (χ3n) is 4.36. The topological polar surface area (TPSA) is 152 Å². The molecule has 0 bridgehead atoms. The molecule has 0 unspecified atom stereocenters. The van der Waals surface area contributed by atoms with Gasteiger partial charge in [-0.25, -0.2) is 4.18 Å². The van der Waals surface area contributed by atoms with E-state index in [2.05, 4.69) is 6.92 Å². The second-order valence-corrected chi connectivity index (χ2v) is 7.82. The lowest BCUT2D eigenvalue weighted by Gasteiger charge is -2.38. The van der Waals surface area contributed by atoms with Crippen LogP contribution in [0, 0.1) is 0 Å². The molecule has 1 aromatic rings. The van der Waals surface area contributed by atoms with E-state index in [1.807, 2.05) is 0 Å². The van der Waals surface area contributed by atoms with Gasteiger partial charge in [0.2, 0.25) is 6.29 Å². The number of aliphatic hydroxyl groups is 4. The Bertz CT molecular complexity index is 723. The molecule has 1 saturated heterocycles. The molecular formula is C18H28O10S. The molecule has 10 nitrogen and oxygen atoms in total. The highest BCUT2D eigenvalue weighted by Gasteiger charge is 2.46. The van der Waals surface area contributed by atoms with Crippen LogP contribution in [-0.4, -0.2) is 72.8 Å². The number of para-hydroxylation sites is 2. The summed E-state index contributed by atoms with van der Waals surface area (Å²) in [5.74, 6) is 0.0811. The first-order chi connectivity index (χ1) is 13.8. The van der Waals surface area contributed by atoms with Gasteiger partial charge in [0.05, 0.1) is 13.2 Å². The minimum atomic E-state index is -4.74. The highest BCUT2D eigenvalue weighted by atomic mass is 32.3. The van der Waals surface area contributed by atoms with Crippen molar-refractivity contribution in [1.82, 2.24) is 0 Å². The van der Waals surface area contributed by atoms with Crippen molar-refractivity contribution in [2.75, 3.05) is 13.2 Å². The molecule has 0 spiro atoms. The first-order valence-corrected chi connectivity index (χ1v) is 10.8. The van der Waals surface area contributed by atoms with Crippen LogP contribution in [-0.2, 0) is 19.3 Å². The average Bonchev–Trinajstić information content (AvgIpc) is 2.69. The molecule has 0 radical (unpaired) electrons. The third-order valence-corrected chi connectivity index (χ3v) is 5.17. The standard InChI is InChI=1S/C18H28O10S/c1-2-3-4-7-10-25-12-8-5-6-9-13(12)27-29(23,24)28-18-17(22)16(21)15(20)14(11-19)26-18/h5-6,8-9,14-22H,2-4,7,10-11H2,1H3/t14-,15-,16+,17+,18+/m1/s1. The Labute approximate surface area is 169 Å². The van der Waals surface area contributed by atoms with Gasteiger partial charge in [-0.05, 0) is 18.6 Å². The Hall–Kier alpha value is -1.47. The van der Waals surface area contributed by atoms with Crippen LogP contribution in [0.2, 0.25) is 0 Å². The summed E-state index contributed by atoms with van der Waals surface area (Å²) in [7, 11) is -4.74. The first-order valence-electron chi connectivity index (χ1n) is 9.44. The maximum absolute atomic E-state index is 12.3. The Morgan fingerprint density at radius 2 is 1.69 bits per heavy atom. The summed E-state index contributed by atoms with van der Waals surface area (Å²) in [6.07, 6.45) is -4.55. The van der Waals surface area contributed by atoms with Gasteiger partial charge in [-0.3, -0.25) is 0 Å². The SMILES string of the molecule is CCCCCCOc1ccccc1OS(=O)(=O)O[C@@H]1O[C@H](CO)[C@@H](O)[C@H](O)[C@@H]1O. The van der Waals surface area contributed by atoms with Gasteiger partial charge in [-0.1, -0.05) is 38.3 Å². The zero-order valence-electron chi connectivity index (χ0n) is 16.1. The van der Waals surface area contributed by atoms with Gasteiger partial charge < -0.3 is 34.1 Å². The van der Waals surface area contributed by atoms with Crippen LogP contribution in [0.25, 0.3) is 0 Å². The second-order valence-electron chi connectivity index (χ2n) is 6.64. The van der Waals surface area contributed by atoms with Gasteiger partial charge in [-0.2, -0.15) is 8.42 Å². The molecule has 1 fully saturated rings. The lowest BCUT2D eigenvalue weighted by molar-refractivity contribution is -0.277. The average molecular weight is 436 g/mol. The summed E-state index contributed by atoms with van der Waals surface area (Å²) in [6.45, 7) is 1.75. The van der Waals surface area contributed by atoms with Crippen molar-refractivity contribution in [3.05, 3.63) is 24.3 Å². The zero-order chi connectivity index (χ0) is 21.4. The summed E-state index contributed by atoms with van der Waals surface area (Å²) in [6, 6.07) is 6.11. The van der Waals surface area contributed by atoms with Crippen LogP contribution in [0.1, 0.15) is 32.6 Å². The van der Waals surface area contributed by atoms with E-state index in [1.165, 1.54) is 6.07 Å². The number of hydrogen-bond acceptors (Lipinski definition) is 10. The monoisotopic (exact) mass is 436 g/mol. The fourth-order valence-corrected chi connectivity index (χ4v) is 3.53. The molecule has 1 aromatic carbocycles. The van der Waals surface area contributed by atoms with Crippen molar-refractivity contribution < 1.29 is 46.7 Å². The van der Waals surface area contributed by atoms with Crippen molar-refractivity contribution in [3.63, 3.8) is 0 Å². The Morgan fingerprint density at radius 3 is 2.34 bits per heavy atom. The fourth-order valence-electron chi connectivity index (χ4n) is 2.74. The number of rotatable bonds is 11. The van der Waals surface area contributed by atoms with Gasteiger partial charge in [0.25, 0.3) is 0 Å². The third kappa shape index (κ3) is 6.78. The summed E-state index contributed by atoms with van der Waals surface area (Å²) in [4.78, 5) is 0. The molecule has 2 rings (SSSR count). The van der Waals surface area contributed by atoms with Gasteiger partial charge in [-0.15, -0.1) is 0 Å². The van der Waals surface area contributed by atoms with Crippen LogP contribution in [0.4, 0.5) is 0 Å². The highest BCUT2D eigenvalue weighted by molar-refractivity contribution is 7.82. The summed E-state index contributed by atoms with van der Waals surface area (Å²) in [5, 5.41) is 38.5. The van der Waals surface area contributed by atoms with Crippen molar-refractivity contribution in [1.29, 1.82) is 0 Å². The van der Waals surface area contributed by atoms with E-state index in [-0.39, 0.29) is 11.5 Å². The van der Waals surface area contributed by atoms with E-state index in [0.29, 0.717) is 6.61 Å². The molecule has 1 aliphatic rings. The highest BCUT2D eigenvalue weighted by Crippen LogP contribution is 2.30. The van der Waals surface area contributed by atoms with Crippen LogP contribution in [0.3, 0.4) is 0 Å². The van der Waals surface area contributed by atoms with Crippen LogP contribution >= 0.6 is 0 Å². The van der Waals surface area contributed by atoms with E-state index >= 15 is 0 Å². The van der Waals surface area contributed by atoms with Gasteiger partial charge in [0.1, 0.15) is 24.4 Å². The van der Waals surface area contributed by atoms with E-state index in [1.54, 1.807) is 18.2 Å². The summed E-state index contributed by atoms with van der Waals surface area (Å²) in [5.41, 5.74) is 0. The molecule has 4 N–H and O–H groups in total. The second kappa shape index (κ2) is 11.1. The molecule has 11 heteroatoms. The van der Waals surface area contributed by atoms with Crippen LogP contribution in [0.5, 0.6) is 11.5 Å². The molecule has 0 aliphatic carbocycles. The van der Waals surface area contributed by atoms with Crippen molar-refractivity contribution in [2.45, 2.75) is 63.3 Å². The predicted octanol–water partition coefficient (Wildman–Crippen LogP) is 0.0858. The maximum Gasteiger partial charge on any atom is 0.451 e. The van der Waals surface area contributed by atoms with E-state index in [0.717, 1.165) is 25.7 Å². The fraction of sp³-hybridized carbons (Fsp3) is 0.667. The largest absolute Gasteiger partial charge is 0.490 e. The molecule has 0 aromatic heterocycles. The Morgan fingerprint density at radius 1 is 1.00 bits per heavy atom. The minimum absolute atomic E-state index is 0.118. The quantitative estimate of drug-likeness (QED) is 0.351. The van der Waals surface area contributed by atoms with E-state index in [9.17, 15) is 23.7 Å². The summed E-state index contributed by atoms with van der Waals surface area (Å²) < 4.78 is 44.7. The van der Waals surface area contributed by atoms with Crippen molar-refractivity contribution in [3.8, 4) is 11.5 Å². The minimum Gasteiger partial charge on any atom is -0.490 e. The number of ether oxygens (including phenoxy) is 2. The number of benzene rings is 1. The molecule has 1 heterocycles. The van der Waals surface area contributed by atoms with Gasteiger partial charge in [0, 0.05) is 0 Å². The molecule has 1 aliphatic heterocycles. The smallest absolute Gasteiger partial charge is 0.451 e. The van der Waals surface area contributed by atoms with Gasteiger partial charge in [0.15, 0.2) is 11.5 Å². The molecule has 29 heavy (non-hydrogen) atoms. The van der Waals surface area contributed by atoms with E-state index < -0.39 is 47.7 Å². The predicted molar refractivity (Wildman–Crippen MR) is 100 cm³/mol. The van der Waals surface area contributed by atoms with Crippen LogP contribution < -0.4 is 8.92 Å². The number of aliphatic hydroxyl groups excluding tert-OH is 4. The summed E-state index contributed by atoms with van der Waals surface area (Å²) >= 11 is 0. The lowest BCUT2D eigenvalue weighted by Crippen LogP contribution is -2.59. The lowest BCUT2D eigenvalue weighted by atomic mass is 10.00. The van der Waals surface area contributed by atoms with Crippen LogP contribution in [0.15, 0.2) is 24.3 Å². The zero-order valence-corrected chi connectivity index (χ0v) is 16.9. The molecule has 0 amide bonds. The van der Waals surface area contributed by atoms with Crippen molar-refractivity contribution >= 4 is 10.4 Å².